The summed E-state index contributed by atoms with van der Waals surface area (Å²) in [7, 11) is 0. The summed E-state index contributed by atoms with van der Waals surface area (Å²) in [5.74, 6) is 0.246. The van der Waals surface area contributed by atoms with Crippen LogP contribution in [-0.4, -0.2) is 59.9 Å². The summed E-state index contributed by atoms with van der Waals surface area (Å²) < 4.78 is 0. The second kappa shape index (κ2) is 6.91. The molecule has 24 heavy (non-hydrogen) atoms. The summed E-state index contributed by atoms with van der Waals surface area (Å²) in [6.07, 6.45) is 2.02. The van der Waals surface area contributed by atoms with Gasteiger partial charge in [-0.2, -0.15) is 5.26 Å². The zero-order chi connectivity index (χ0) is 17.2. The molecule has 2 fully saturated rings. The van der Waals surface area contributed by atoms with Crippen molar-refractivity contribution in [3.05, 3.63) is 22.4 Å². The first-order valence-electron chi connectivity index (χ1n) is 8.29. The van der Waals surface area contributed by atoms with Crippen molar-refractivity contribution in [1.29, 1.82) is 5.26 Å². The van der Waals surface area contributed by atoms with E-state index in [1.54, 1.807) is 6.92 Å². The average Bonchev–Trinajstić information content (AvgIpc) is 3.31. The minimum atomic E-state index is -0.742. The maximum Gasteiger partial charge on any atom is 0.264 e. The molecule has 1 aromatic heterocycles. The molecule has 1 N–H and O–H groups in total. The Labute approximate surface area is 146 Å². The predicted molar refractivity (Wildman–Crippen MR) is 91.5 cm³/mol. The van der Waals surface area contributed by atoms with E-state index in [1.165, 1.54) is 11.3 Å². The van der Waals surface area contributed by atoms with Gasteiger partial charge < -0.3 is 10.2 Å². The van der Waals surface area contributed by atoms with Gasteiger partial charge in [-0.1, -0.05) is 6.07 Å². The molecule has 2 amide bonds. The monoisotopic (exact) mass is 346 g/mol. The number of rotatable bonds is 5. The maximum atomic E-state index is 12.3. The lowest BCUT2D eigenvalue weighted by Crippen LogP contribution is -2.54. The number of hydrogen-bond donors (Lipinski definition) is 1. The molecule has 0 radical (unpaired) electrons. The third-order valence-corrected chi connectivity index (χ3v) is 5.64. The summed E-state index contributed by atoms with van der Waals surface area (Å²) in [6, 6.07) is 5.96. The number of nitrogens with one attached hydrogen (secondary N) is 1. The molecular weight excluding hydrogens is 324 g/mol. The average molecular weight is 346 g/mol. The summed E-state index contributed by atoms with van der Waals surface area (Å²) in [6.45, 7) is 4.70. The first-order chi connectivity index (χ1) is 11.5. The van der Waals surface area contributed by atoms with Crippen molar-refractivity contribution in [2.75, 3.05) is 32.7 Å². The highest BCUT2D eigenvalue weighted by Crippen LogP contribution is 2.39. The number of nitriles is 1. The number of carbonyl (C=O) groups excluding carboxylic acids is 2. The highest BCUT2D eigenvalue weighted by Gasteiger charge is 2.43. The molecule has 128 valence electrons. The lowest BCUT2D eigenvalue weighted by Gasteiger charge is -2.34. The molecule has 1 saturated carbocycles. The van der Waals surface area contributed by atoms with Crippen LogP contribution in [0.3, 0.4) is 0 Å². The van der Waals surface area contributed by atoms with Gasteiger partial charge in [0.1, 0.15) is 5.54 Å². The Bertz CT molecular complexity index is 642. The van der Waals surface area contributed by atoms with Gasteiger partial charge in [-0.25, -0.2) is 0 Å². The molecule has 2 aliphatic rings. The van der Waals surface area contributed by atoms with E-state index in [-0.39, 0.29) is 24.3 Å². The second-order valence-corrected chi connectivity index (χ2v) is 7.63. The topological polar surface area (TPSA) is 76.4 Å². The molecule has 6 nitrogen and oxygen atoms in total. The molecule has 3 rings (SSSR count). The predicted octanol–water partition coefficient (Wildman–Crippen LogP) is 1.31. The number of amides is 2. The minimum absolute atomic E-state index is 0.0693. The van der Waals surface area contributed by atoms with Crippen LogP contribution in [0, 0.1) is 17.2 Å². The fraction of sp³-hybridized carbons (Fsp3) is 0.588. The Morgan fingerprint density at radius 1 is 1.38 bits per heavy atom. The van der Waals surface area contributed by atoms with E-state index in [2.05, 4.69) is 11.4 Å². The third-order valence-electron chi connectivity index (χ3n) is 4.78. The number of thiophene rings is 1. The molecule has 1 aliphatic carbocycles. The first-order valence-corrected chi connectivity index (χ1v) is 9.17. The SMILES string of the molecule is C[C@@](C#N)(NC(=O)CN1CCN(C(=O)c2cccs2)CC1)C1CC1. The Balaban J connectivity index is 1.46. The van der Waals surface area contributed by atoms with Crippen LogP contribution in [0.5, 0.6) is 0 Å². The van der Waals surface area contributed by atoms with Crippen LogP contribution in [0.2, 0.25) is 0 Å². The molecule has 1 atom stereocenters. The summed E-state index contributed by atoms with van der Waals surface area (Å²) >= 11 is 1.45. The Morgan fingerprint density at radius 3 is 2.62 bits per heavy atom. The lowest BCUT2D eigenvalue weighted by molar-refractivity contribution is -0.124. The van der Waals surface area contributed by atoms with E-state index in [0.717, 1.165) is 17.7 Å². The van der Waals surface area contributed by atoms with E-state index in [4.69, 9.17) is 0 Å². The number of carbonyl (C=O) groups is 2. The lowest BCUT2D eigenvalue weighted by atomic mass is 9.98. The van der Waals surface area contributed by atoms with Crippen molar-refractivity contribution in [1.82, 2.24) is 15.1 Å². The molecule has 7 heteroatoms. The molecular formula is C17H22N4O2S. The standard InChI is InChI=1S/C17H22N4O2S/c1-17(12-18,13-4-5-13)19-15(22)11-20-6-8-21(9-7-20)16(23)14-3-2-10-24-14/h2-3,10,13H,4-9,11H2,1H3,(H,19,22)/t17-/m0/s1. The number of nitrogens with zero attached hydrogens (tertiary/aromatic N) is 3. The van der Waals surface area contributed by atoms with Gasteiger partial charge in [0.25, 0.3) is 5.91 Å². The maximum absolute atomic E-state index is 12.3. The van der Waals surface area contributed by atoms with Gasteiger partial charge in [-0.3, -0.25) is 14.5 Å². The van der Waals surface area contributed by atoms with Crippen molar-refractivity contribution in [3.63, 3.8) is 0 Å². The van der Waals surface area contributed by atoms with E-state index in [0.29, 0.717) is 26.2 Å². The van der Waals surface area contributed by atoms with Crippen molar-refractivity contribution in [2.24, 2.45) is 5.92 Å². The van der Waals surface area contributed by atoms with Crippen LogP contribution in [0.4, 0.5) is 0 Å². The molecule has 2 heterocycles. The van der Waals surface area contributed by atoms with E-state index in [9.17, 15) is 14.9 Å². The minimum Gasteiger partial charge on any atom is -0.337 e. The van der Waals surface area contributed by atoms with Crippen LogP contribution in [0.15, 0.2) is 17.5 Å². The van der Waals surface area contributed by atoms with Gasteiger partial charge in [-0.15, -0.1) is 11.3 Å². The van der Waals surface area contributed by atoms with Gasteiger partial charge in [0.05, 0.1) is 17.5 Å². The molecule has 1 aliphatic heterocycles. The van der Waals surface area contributed by atoms with Crippen LogP contribution in [0.25, 0.3) is 0 Å². The molecule has 1 aromatic rings. The van der Waals surface area contributed by atoms with E-state index >= 15 is 0 Å². The van der Waals surface area contributed by atoms with Crippen LogP contribution in [-0.2, 0) is 4.79 Å². The molecule has 0 unspecified atom stereocenters. The normalized spacial score (nSPS) is 20.9. The van der Waals surface area contributed by atoms with Crippen molar-refractivity contribution >= 4 is 23.2 Å². The molecule has 1 saturated heterocycles. The van der Waals surface area contributed by atoms with Gasteiger partial charge in [0.2, 0.25) is 5.91 Å². The molecule has 0 spiro atoms. The zero-order valence-corrected chi connectivity index (χ0v) is 14.6. The van der Waals surface area contributed by atoms with Crippen LogP contribution >= 0.6 is 11.3 Å². The largest absolute Gasteiger partial charge is 0.337 e. The smallest absolute Gasteiger partial charge is 0.264 e. The number of hydrogen-bond acceptors (Lipinski definition) is 5. The quantitative estimate of drug-likeness (QED) is 0.872. The van der Waals surface area contributed by atoms with Gasteiger partial charge in [-0.05, 0) is 37.1 Å². The highest BCUT2D eigenvalue weighted by molar-refractivity contribution is 7.12. The molecule has 0 bridgehead atoms. The number of piperazine rings is 1. The fourth-order valence-electron chi connectivity index (χ4n) is 3.08. The first kappa shape index (κ1) is 16.9. The summed E-state index contributed by atoms with van der Waals surface area (Å²) in [5, 5.41) is 14.1. The van der Waals surface area contributed by atoms with E-state index in [1.807, 2.05) is 27.3 Å². The zero-order valence-electron chi connectivity index (χ0n) is 13.8. The van der Waals surface area contributed by atoms with Crippen LogP contribution in [0.1, 0.15) is 29.4 Å². The molecule has 0 aromatic carbocycles. The second-order valence-electron chi connectivity index (χ2n) is 6.68. The third kappa shape index (κ3) is 3.77. The fourth-order valence-corrected chi connectivity index (χ4v) is 3.77. The van der Waals surface area contributed by atoms with Gasteiger partial charge in [0.15, 0.2) is 0 Å². The van der Waals surface area contributed by atoms with E-state index < -0.39 is 5.54 Å². The van der Waals surface area contributed by atoms with Gasteiger partial charge >= 0.3 is 0 Å². The van der Waals surface area contributed by atoms with Crippen molar-refractivity contribution in [2.45, 2.75) is 25.3 Å². The summed E-state index contributed by atoms with van der Waals surface area (Å²) in [4.78, 5) is 29.2. The Kier molecular flexibility index (Phi) is 4.88. The Hall–Kier alpha value is -1.91. The van der Waals surface area contributed by atoms with Crippen molar-refractivity contribution < 1.29 is 9.59 Å². The highest BCUT2D eigenvalue weighted by atomic mass is 32.1. The van der Waals surface area contributed by atoms with Crippen molar-refractivity contribution in [3.8, 4) is 6.07 Å². The Morgan fingerprint density at radius 2 is 2.08 bits per heavy atom. The summed E-state index contributed by atoms with van der Waals surface area (Å²) in [5.41, 5.74) is -0.742. The van der Waals surface area contributed by atoms with Crippen LogP contribution < -0.4 is 5.32 Å². The van der Waals surface area contributed by atoms with Gasteiger partial charge in [0, 0.05) is 26.2 Å².